The van der Waals surface area contributed by atoms with Crippen molar-refractivity contribution >= 4 is 22.6 Å². The molecule has 2 aliphatic rings. The van der Waals surface area contributed by atoms with E-state index in [0.717, 1.165) is 61.7 Å². The van der Waals surface area contributed by atoms with Crippen molar-refractivity contribution in [2.75, 3.05) is 19.7 Å². The molecule has 176 valence electrons. The van der Waals surface area contributed by atoms with Crippen molar-refractivity contribution in [2.45, 2.75) is 63.5 Å². The van der Waals surface area contributed by atoms with Gasteiger partial charge in [0.2, 0.25) is 0 Å². The quantitative estimate of drug-likeness (QED) is 0.388. The number of nitrogens with one attached hydrogen (secondary N) is 1. The molecule has 6 nitrogen and oxygen atoms in total. The SMILES string of the molecule is O=C(O)CCCC/C=C(\COc1cccc2ccccc12)C(=O)N(C1CCNCC1)C1CC1. The minimum Gasteiger partial charge on any atom is -0.488 e. The van der Waals surface area contributed by atoms with Crippen LogP contribution in [-0.4, -0.2) is 53.7 Å². The van der Waals surface area contributed by atoms with E-state index in [1.54, 1.807) is 0 Å². The van der Waals surface area contributed by atoms with Gasteiger partial charge in [0, 0.05) is 23.9 Å². The second-order valence-corrected chi connectivity index (χ2v) is 9.06. The lowest BCUT2D eigenvalue weighted by molar-refractivity contribution is -0.137. The Hall–Kier alpha value is -2.86. The van der Waals surface area contributed by atoms with E-state index in [4.69, 9.17) is 9.84 Å². The van der Waals surface area contributed by atoms with Crippen LogP contribution in [0.15, 0.2) is 54.1 Å². The molecule has 1 aliphatic carbocycles. The first-order valence-electron chi connectivity index (χ1n) is 12.2. The molecule has 1 aliphatic heterocycles. The van der Waals surface area contributed by atoms with Gasteiger partial charge in [-0.05, 0) is 69.5 Å². The molecule has 4 rings (SSSR count). The van der Waals surface area contributed by atoms with Crippen LogP contribution in [0, 0.1) is 0 Å². The monoisotopic (exact) mass is 450 g/mol. The lowest BCUT2D eigenvalue weighted by Crippen LogP contribution is -2.48. The summed E-state index contributed by atoms with van der Waals surface area (Å²) in [5, 5.41) is 14.4. The van der Waals surface area contributed by atoms with E-state index in [2.05, 4.69) is 22.3 Å². The number of fused-ring (bicyclic) bond motifs is 1. The third-order valence-electron chi connectivity index (χ3n) is 6.52. The van der Waals surface area contributed by atoms with E-state index in [9.17, 15) is 9.59 Å². The molecule has 1 saturated heterocycles. The fourth-order valence-electron chi connectivity index (χ4n) is 4.62. The van der Waals surface area contributed by atoms with E-state index in [1.807, 2.05) is 36.4 Å². The Morgan fingerprint density at radius 1 is 1.00 bits per heavy atom. The normalized spacial score (nSPS) is 17.2. The van der Waals surface area contributed by atoms with Gasteiger partial charge in [0.15, 0.2) is 0 Å². The summed E-state index contributed by atoms with van der Waals surface area (Å²) < 4.78 is 6.21. The Morgan fingerprint density at radius 3 is 2.48 bits per heavy atom. The number of unbranched alkanes of at least 4 members (excludes halogenated alkanes) is 2. The van der Waals surface area contributed by atoms with Gasteiger partial charge >= 0.3 is 5.97 Å². The van der Waals surface area contributed by atoms with E-state index in [-0.39, 0.29) is 25.0 Å². The second kappa shape index (κ2) is 11.3. The highest BCUT2D eigenvalue weighted by Crippen LogP contribution is 2.33. The number of allylic oxidation sites excluding steroid dienone is 1. The average molecular weight is 451 g/mol. The predicted octanol–water partition coefficient (Wildman–Crippen LogP) is 4.53. The molecule has 2 aromatic carbocycles. The highest BCUT2D eigenvalue weighted by Gasteiger charge is 2.38. The van der Waals surface area contributed by atoms with Crippen LogP contribution in [0.25, 0.3) is 10.8 Å². The topological polar surface area (TPSA) is 78.9 Å². The third-order valence-corrected chi connectivity index (χ3v) is 6.52. The van der Waals surface area contributed by atoms with Gasteiger partial charge < -0.3 is 20.1 Å². The Morgan fingerprint density at radius 2 is 1.73 bits per heavy atom. The molecule has 0 aromatic heterocycles. The number of aliphatic carboxylic acids is 1. The zero-order chi connectivity index (χ0) is 23.0. The molecule has 1 saturated carbocycles. The van der Waals surface area contributed by atoms with Crippen LogP contribution in [0.2, 0.25) is 0 Å². The van der Waals surface area contributed by atoms with Crippen molar-refractivity contribution in [3.63, 3.8) is 0 Å². The van der Waals surface area contributed by atoms with Crippen molar-refractivity contribution in [3.8, 4) is 5.75 Å². The zero-order valence-electron chi connectivity index (χ0n) is 19.2. The highest BCUT2D eigenvalue weighted by atomic mass is 16.5. The van der Waals surface area contributed by atoms with E-state index in [1.165, 1.54) is 0 Å². The summed E-state index contributed by atoms with van der Waals surface area (Å²) in [4.78, 5) is 26.7. The van der Waals surface area contributed by atoms with Gasteiger partial charge in [-0.3, -0.25) is 9.59 Å². The summed E-state index contributed by atoms with van der Waals surface area (Å²) in [5.74, 6) is 0.0840. The molecule has 0 spiro atoms. The summed E-state index contributed by atoms with van der Waals surface area (Å²) in [7, 11) is 0. The fraction of sp³-hybridized carbons (Fsp3) is 0.481. The number of hydrogen-bond acceptors (Lipinski definition) is 4. The van der Waals surface area contributed by atoms with E-state index in [0.29, 0.717) is 24.5 Å². The molecule has 0 atom stereocenters. The maximum absolute atomic E-state index is 13.7. The predicted molar refractivity (Wildman–Crippen MR) is 129 cm³/mol. The smallest absolute Gasteiger partial charge is 0.303 e. The fourth-order valence-corrected chi connectivity index (χ4v) is 4.62. The number of carboxylic acids is 1. The summed E-state index contributed by atoms with van der Waals surface area (Å²) in [6, 6.07) is 14.7. The molecular weight excluding hydrogens is 416 g/mol. The van der Waals surface area contributed by atoms with Crippen molar-refractivity contribution < 1.29 is 19.4 Å². The van der Waals surface area contributed by atoms with Crippen LogP contribution in [-0.2, 0) is 9.59 Å². The zero-order valence-corrected chi connectivity index (χ0v) is 19.2. The first kappa shape index (κ1) is 23.3. The first-order chi connectivity index (χ1) is 16.1. The van der Waals surface area contributed by atoms with E-state index < -0.39 is 5.97 Å². The van der Waals surface area contributed by atoms with Crippen LogP contribution in [0.5, 0.6) is 5.75 Å². The van der Waals surface area contributed by atoms with Crippen molar-refractivity contribution in [1.29, 1.82) is 0 Å². The Balaban J connectivity index is 1.50. The minimum absolute atomic E-state index is 0.0860. The Labute approximate surface area is 195 Å². The highest BCUT2D eigenvalue weighted by molar-refractivity contribution is 5.94. The third kappa shape index (κ3) is 6.35. The maximum Gasteiger partial charge on any atom is 0.303 e. The first-order valence-corrected chi connectivity index (χ1v) is 12.2. The van der Waals surface area contributed by atoms with Gasteiger partial charge in [0.25, 0.3) is 5.91 Å². The molecule has 2 aromatic rings. The van der Waals surface area contributed by atoms with Crippen LogP contribution in [0.1, 0.15) is 51.4 Å². The van der Waals surface area contributed by atoms with Crippen LogP contribution in [0.4, 0.5) is 0 Å². The molecule has 1 amide bonds. The van der Waals surface area contributed by atoms with Gasteiger partial charge in [-0.2, -0.15) is 0 Å². The number of carboxylic acid groups (broad SMARTS) is 1. The number of benzene rings is 2. The minimum atomic E-state index is -0.777. The van der Waals surface area contributed by atoms with Crippen molar-refractivity contribution in [3.05, 3.63) is 54.1 Å². The standard InChI is InChI=1S/C27H34N2O4/c30-26(31)12-3-1-2-8-21(19-33-25-11-6-9-20-7-4-5-10-24(20)25)27(32)29(22-13-14-22)23-15-17-28-18-16-23/h4-11,22-23,28H,1-3,12-19H2,(H,30,31)/b21-8+. The number of nitrogens with zero attached hydrogens (tertiary/aromatic N) is 1. The molecular formula is C27H34N2O4. The van der Waals surface area contributed by atoms with Crippen molar-refractivity contribution in [2.24, 2.45) is 0 Å². The van der Waals surface area contributed by atoms with Gasteiger partial charge in [0.1, 0.15) is 12.4 Å². The van der Waals surface area contributed by atoms with E-state index >= 15 is 0 Å². The number of ether oxygens (including phenoxy) is 1. The lowest BCUT2D eigenvalue weighted by Gasteiger charge is -2.35. The summed E-state index contributed by atoms with van der Waals surface area (Å²) in [6.45, 7) is 2.11. The molecule has 33 heavy (non-hydrogen) atoms. The van der Waals surface area contributed by atoms with Crippen LogP contribution >= 0.6 is 0 Å². The Bertz CT molecular complexity index is 987. The largest absolute Gasteiger partial charge is 0.488 e. The van der Waals surface area contributed by atoms with Crippen molar-refractivity contribution in [1.82, 2.24) is 10.2 Å². The summed E-state index contributed by atoms with van der Waals surface area (Å²) in [6.07, 6.45) is 8.29. The number of amides is 1. The number of piperidine rings is 1. The molecule has 6 heteroatoms. The molecule has 2 N–H and O–H groups in total. The molecule has 0 unspecified atom stereocenters. The second-order valence-electron chi connectivity index (χ2n) is 9.06. The van der Waals surface area contributed by atoms with Crippen LogP contribution in [0.3, 0.4) is 0 Å². The molecule has 2 fully saturated rings. The van der Waals surface area contributed by atoms with Gasteiger partial charge in [-0.1, -0.05) is 42.5 Å². The number of rotatable bonds is 11. The Kier molecular flexibility index (Phi) is 8.00. The summed E-state index contributed by atoms with van der Waals surface area (Å²) >= 11 is 0. The average Bonchev–Trinajstić information content (AvgIpc) is 3.66. The number of hydrogen-bond donors (Lipinski definition) is 2. The molecule has 0 bridgehead atoms. The number of carbonyl (C=O) groups excluding carboxylic acids is 1. The molecule has 0 radical (unpaired) electrons. The molecule has 1 heterocycles. The number of carbonyl (C=O) groups is 2. The van der Waals surface area contributed by atoms with Gasteiger partial charge in [-0.15, -0.1) is 0 Å². The van der Waals surface area contributed by atoms with Gasteiger partial charge in [-0.25, -0.2) is 0 Å². The van der Waals surface area contributed by atoms with Crippen LogP contribution < -0.4 is 10.1 Å². The summed E-state index contributed by atoms with van der Waals surface area (Å²) in [5.41, 5.74) is 0.684. The lowest BCUT2D eigenvalue weighted by atomic mass is 10.0. The maximum atomic E-state index is 13.7. The van der Waals surface area contributed by atoms with Gasteiger partial charge in [0.05, 0.1) is 5.57 Å².